The van der Waals surface area contributed by atoms with Gasteiger partial charge in [-0.3, -0.25) is 0 Å². The second-order valence-electron chi connectivity index (χ2n) is 7.85. The zero-order valence-electron chi connectivity index (χ0n) is 14.8. The van der Waals surface area contributed by atoms with Crippen LogP contribution in [-0.4, -0.2) is 36.6 Å². The van der Waals surface area contributed by atoms with Crippen LogP contribution in [0.5, 0.6) is 0 Å². The average Bonchev–Trinajstić information content (AvgIpc) is 2.32. The van der Waals surface area contributed by atoms with E-state index in [0.717, 1.165) is 12.0 Å². The van der Waals surface area contributed by atoms with E-state index in [1.165, 1.54) is 51.7 Å². The maximum atomic E-state index is 3.90. The molecule has 20 heavy (non-hydrogen) atoms. The predicted octanol–water partition coefficient (Wildman–Crippen LogP) is 4.30. The molecule has 0 spiro atoms. The lowest BCUT2D eigenvalue weighted by atomic mass is 9.70. The van der Waals surface area contributed by atoms with Crippen LogP contribution in [0.15, 0.2) is 0 Å². The Balaban J connectivity index is 2.26. The minimum absolute atomic E-state index is 0.524. The number of hydrogen-bond donors (Lipinski definition) is 1. The molecule has 0 aliphatic heterocycles. The third-order valence-electron chi connectivity index (χ3n) is 4.91. The second kappa shape index (κ2) is 8.38. The van der Waals surface area contributed by atoms with Gasteiger partial charge in [-0.2, -0.15) is 0 Å². The van der Waals surface area contributed by atoms with Crippen LogP contribution in [0, 0.1) is 11.3 Å². The number of nitrogens with zero attached hydrogens (tertiary/aromatic N) is 1. The van der Waals surface area contributed by atoms with E-state index in [-0.39, 0.29) is 0 Å². The summed E-state index contributed by atoms with van der Waals surface area (Å²) in [5.41, 5.74) is 0.524. The highest BCUT2D eigenvalue weighted by Crippen LogP contribution is 2.38. The third kappa shape index (κ3) is 6.58. The molecule has 1 aliphatic rings. The SMILES string of the molecule is CCN(CC)CCCC(C)NC1CC(C)CC(C)(C)C1. The first-order chi connectivity index (χ1) is 9.36. The minimum Gasteiger partial charge on any atom is -0.311 e. The van der Waals surface area contributed by atoms with E-state index in [0.29, 0.717) is 11.5 Å². The molecular formula is C18H38N2. The largest absolute Gasteiger partial charge is 0.311 e. The molecule has 0 heterocycles. The Labute approximate surface area is 127 Å². The van der Waals surface area contributed by atoms with Gasteiger partial charge in [0.15, 0.2) is 0 Å². The van der Waals surface area contributed by atoms with Crippen LogP contribution < -0.4 is 5.32 Å². The molecular weight excluding hydrogens is 244 g/mol. The summed E-state index contributed by atoms with van der Waals surface area (Å²) < 4.78 is 0. The lowest BCUT2D eigenvalue weighted by molar-refractivity contribution is 0.144. The molecule has 1 rings (SSSR count). The van der Waals surface area contributed by atoms with Gasteiger partial charge in [0.2, 0.25) is 0 Å². The fourth-order valence-corrected chi connectivity index (χ4v) is 4.12. The van der Waals surface area contributed by atoms with E-state index < -0.39 is 0 Å². The first-order valence-electron chi connectivity index (χ1n) is 8.84. The van der Waals surface area contributed by atoms with Crippen LogP contribution in [0.4, 0.5) is 0 Å². The molecule has 0 aromatic heterocycles. The molecule has 2 nitrogen and oxygen atoms in total. The Morgan fingerprint density at radius 1 is 1.20 bits per heavy atom. The summed E-state index contributed by atoms with van der Waals surface area (Å²) in [6.07, 6.45) is 6.73. The van der Waals surface area contributed by atoms with Gasteiger partial charge < -0.3 is 10.2 Å². The Hall–Kier alpha value is -0.0800. The average molecular weight is 283 g/mol. The fraction of sp³-hybridized carbons (Fsp3) is 1.00. The normalized spacial score (nSPS) is 27.8. The van der Waals surface area contributed by atoms with Crippen LogP contribution in [-0.2, 0) is 0 Å². The molecule has 120 valence electrons. The monoisotopic (exact) mass is 282 g/mol. The summed E-state index contributed by atoms with van der Waals surface area (Å²) in [7, 11) is 0. The van der Waals surface area contributed by atoms with Crippen molar-refractivity contribution in [2.24, 2.45) is 11.3 Å². The highest BCUT2D eigenvalue weighted by Gasteiger charge is 2.32. The molecule has 0 aromatic carbocycles. The van der Waals surface area contributed by atoms with Crippen molar-refractivity contribution < 1.29 is 0 Å². The number of hydrogen-bond acceptors (Lipinski definition) is 2. The van der Waals surface area contributed by atoms with E-state index in [1.54, 1.807) is 0 Å². The molecule has 3 unspecified atom stereocenters. The van der Waals surface area contributed by atoms with Gasteiger partial charge in [0.1, 0.15) is 0 Å². The molecule has 0 aromatic rings. The quantitative estimate of drug-likeness (QED) is 0.714. The summed E-state index contributed by atoms with van der Waals surface area (Å²) >= 11 is 0. The highest BCUT2D eigenvalue weighted by molar-refractivity contribution is 4.87. The molecule has 1 aliphatic carbocycles. The topological polar surface area (TPSA) is 15.3 Å². The highest BCUT2D eigenvalue weighted by atomic mass is 15.1. The molecule has 0 saturated heterocycles. The molecule has 0 radical (unpaired) electrons. The van der Waals surface area contributed by atoms with Gasteiger partial charge >= 0.3 is 0 Å². The van der Waals surface area contributed by atoms with Gasteiger partial charge in [0.05, 0.1) is 0 Å². The van der Waals surface area contributed by atoms with Crippen LogP contribution >= 0.6 is 0 Å². The van der Waals surface area contributed by atoms with Crippen molar-refractivity contribution in [3.05, 3.63) is 0 Å². The van der Waals surface area contributed by atoms with Gasteiger partial charge in [-0.05, 0) is 70.0 Å². The van der Waals surface area contributed by atoms with Crippen LogP contribution in [0.2, 0.25) is 0 Å². The van der Waals surface area contributed by atoms with Crippen LogP contribution in [0.1, 0.15) is 73.6 Å². The lowest BCUT2D eigenvalue weighted by Crippen LogP contribution is -2.44. The Morgan fingerprint density at radius 2 is 1.85 bits per heavy atom. The van der Waals surface area contributed by atoms with E-state index in [2.05, 4.69) is 51.8 Å². The Morgan fingerprint density at radius 3 is 2.40 bits per heavy atom. The van der Waals surface area contributed by atoms with Crippen molar-refractivity contribution in [1.29, 1.82) is 0 Å². The first-order valence-corrected chi connectivity index (χ1v) is 8.84. The van der Waals surface area contributed by atoms with Crippen molar-refractivity contribution in [3.63, 3.8) is 0 Å². The summed E-state index contributed by atoms with van der Waals surface area (Å²) in [4.78, 5) is 2.53. The standard InChI is InChI=1S/C18H38N2/c1-7-20(8-2)11-9-10-16(4)19-17-12-15(3)13-18(5,6)14-17/h15-17,19H,7-14H2,1-6H3. The van der Waals surface area contributed by atoms with Crippen molar-refractivity contribution in [2.45, 2.75) is 85.7 Å². The third-order valence-corrected chi connectivity index (χ3v) is 4.91. The summed E-state index contributed by atoms with van der Waals surface area (Å²) in [6, 6.07) is 1.40. The minimum atomic E-state index is 0.524. The zero-order valence-corrected chi connectivity index (χ0v) is 14.8. The van der Waals surface area contributed by atoms with Gasteiger partial charge in [-0.15, -0.1) is 0 Å². The molecule has 1 N–H and O–H groups in total. The van der Waals surface area contributed by atoms with Crippen LogP contribution in [0.25, 0.3) is 0 Å². The summed E-state index contributed by atoms with van der Waals surface area (Å²) in [5.74, 6) is 0.874. The van der Waals surface area contributed by atoms with Crippen molar-refractivity contribution in [2.75, 3.05) is 19.6 Å². The van der Waals surface area contributed by atoms with E-state index >= 15 is 0 Å². The first kappa shape index (κ1) is 18.0. The van der Waals surface area contributed by atoms with Gasteiger partial charge in [-0.25, -0.2) is 0 Å². The maximum Gasteiger partial charge on any atom is 0.00771 e. The zero-order chi connectivity index (χ0) is 15.2. The Kier molecular flexibility index (Phi) is 7.53. The smallest absolute Gasteiger partial charge is 0.00771 e. The van der Waals surface area contributed by atoms with Crippen molar-refractivity contribution in [3.8, 4) is 0 Å². The lowest BCUT2D eigenvalue weighted by Gasteiger charge is -2.40. The van der Waals surface area contributed by atoms with Crippen molar-refractivity contribution >= 4 is 0 Å². The predicted molar refractivity (Wildman–Crippen MR) is 90.2 cm³/mol. The van der Waals surface area contributed by atoms with Gasteiger partial charge in [0.25, 0.3) is 0 Å². The van der Waals surface area contributed by atoms with Crippen LogP contribution in [0.3, 0.4) is 0 Å². The molecule has 2 heteroatoms. The van der Waals surface area contributed by atoms with E-state index in [9.17, 15) is 0 Å². The molecule has 1 saturated carbocycles. The number of nitrogens with one attached hydrogen (secondary N) is 1. The summed E-state index contributed by atoms with van der Waals surface area (Å²) in [6.45, 7) is 17.8. The molecule has 0 bridgehead atoms. The van der Waals surface area contributed by atoms with Gasteiger partial charge in [-0.1, -0.05) is 34.6 Å². The van der Waals surface area contributed by atoms with E-state index in [4.69, 9.17) is 0 Å². The second-order valence-corrected chi connectivity index (χ2v) is 7.85. The molecule has 0 amide bonds. The molecule has 1 fully saturated rings. The maximum absolute atomic E-state index is 3.90. The fourth-order valence-electron chi connectivity index (χ4n) is 4.12. The molecule has 3 atom stereocenters. The van der Waals surface area contributed by atoms with Crippen molar-refractivity contribution in [1.82, 2.24) is 10.2 Å². The van der Waals surface area contributed by atoms with E-state index in [1.807, 2.05) is 0 Å². The summed E-state index contributed by atoms with van der Waals surface area (Å²) in [5, 5.41) is 3.90. The van der Waals surface area contributed by atoms with Gasteiger partial charge in [0, 0.05) is 12.1 Å². The Bertz CT molecular complexity index is 258. The number of rotatable bonds is 8.